The van der Waals surface area contributed by atoms with Crippen LogP contribution in [0.3, 0.4) is 0 Å². The van der Waals surface area contributed by atoms with Gasteiger partial charge in [0.15, 0.2) is 11.3 Å². The molecule has 15 heavy (non-hydrogen) atoms. The quantitative estimate of drug-likeness (QED) is 0.594. The van der Waals surface area contributed by atoms with Crippen LogP contribution >= 0.6 is 11.6 Å². The molecule has 0 N–H and O–H groups in total. The first-order valence-corrected chi connectivity index (χ1v) is 4.82. The van der Waals surface area contributed by atoms with Gasteiger partial charge in [-0.25, -0.2) is 4.98 Å². The number of carbonyl (C=O) groups is 1. The number of para-hydroxylation sites is 1. The number of oxazole rings is 1. The first kappa shape index (κ1) is 9.98. The fraction of sp³-hybridized carbons (Fsp3) is 0.200. The Morgan fingerprint density at radius 2 is 2.40 bits per heavy atom. The maximum Gasteiger partial charge on any atom is 0.265 e. The normalized spacial score (nSPS) is 10.5. The third-order valence-corrected chi connectivity index (χ3v) is 2.20. The lowest BCUT2D eigenvalue weighted by Crippen LogP contribution is -1.99. The first-order valence-electron chi connectivity index (χ1n) is 4.29. The van der Waals surface area contributed by atoms with Crippen LogP contribution in [0.25, 0.3) is 11.1 Å². The van der Waals surface area contributed by atoms with E-state index in [0.29, 0.717) is 16.8 Å². The van der Waals surface area contributed by atoms with Crippen LogP contribution in [-0.4, -0.2) is 23.8 Å². The molecule has 4 nitrogen and oxygen atoms in total. The standard InChI is InChI=1S/C10H8ClNO3/c1-14-8-4-2-3-6-9(8)15-10(12-6)7(13)5-11/h2-4H,5H2,1H3. The highest BCUT2D eigenvalue weighted by Gasteiger charge is 2.15. The molecule has 0 fully saturated rings. The van der Waals surface area contributed by atoms with Gasteiger partial charge in [-0.05, 0) is 12.1 Å². The molecule has 0 aliphatic carbocycles. The van der Waals surface area contributed by atoms with E-state index in [1.54, 1.807) is 18.2 Å². The molecule has 0 radical (unpaired) electrons. The Balaban J connectivity index is 2.60. The molecule has 0 atom stereocenters. The van der Waals surface area contributed by atoms with Crippen LogP contribution in [0, 0.1) is 0 Å². The molecule has 5 heteroatoms. The molecule has 1 aromatic carbocycles. The van der Waals surface area contributed by atoms with Crippen molar-refractivity contribution in [3.8, 4) is 5.75 Å². The van der Waals surface area contributed by atoms with Crippen LogP contribution in [0.2, 0.25) is 0 Å². The van der Waals surface area contributed by atoms with Crippen molar-refractivity contribution in [3.63, 3.8) is 0 Å². The number of nitrogens with zero attached hydrogens (tertiary/aromatic N) is 1. The molecule has 0 bridgehead atoms. The molecule has 1 aromatic heterocycles. The summed E-state index contributed by atoms with van der Waals surface area (Å²) in [6, 6.07) is 5.26. The van der Waals surface area contributed by atoms with Crippen molar-refractivity contribution in [2.24, 2.45) is 0 Å². The van der Waals surface area contributed by atoms with Crippen molar-refractivity contribution in [3.05, 3.63) is 24.1 Å². The zero-order chi connectivity index (χ0) is 10.8. The zero-order valence-corrected chi connectivity index (χ0v) is 8.75. The second-order valence-corrected chi connectivity index (χ2v) is 3.15. The van der Waals surface area contributed by atoms with Gasteiger partial charge in [0.2, 0.25) is 5.78 Å². The van der Waals surface area contributed by atoms with Gasteiger partial charge in [-0.15, -0.1) is 11.6 Å². The number of halogens is 1. The third kappa shape index (κ3) is 1.68. The highest BCUT2D eigenvalue weighted by molar-refractivity contribution is 6.29. The summed E-state index contributed by atoms with van der Waals surface area (Å²) < 4.78 is 10.3. The molecule has 0 aliphatic heterocycles. The largest absolute Gasteiger partial charge is 0.493 e. The molecule has 0 saturated heterocycles. The van der Waals surface area contributed by atoms with Crippen LogP contribution in [0.4, 0.5) is 0 Å². The average Bonchev–Trinajstić information content (AvgIpc) is 2.71. The number of hydrogen-bond donors (Lipinski definition) is 0. The number of rotatable bonds is 3. The highest BCUT2D eigenvalue weighted by atomic mass is 35.5. The van der Waals surface area contributed by atoms with Gasteiger partial charge in [0, 0.05) is 0 Å². The lowest BCUT2D eigenvalue weighted by atomic mass is 10.3. The van der Waals surface area contributed by atoms with Crippen molar-refractivity contribution in [2.75, 3.05) is 13.0 Å². The minimum atomic E-state index is -0.338. The molecule has 0 saturated carbocycles. The number of fused-ring (bicyclic) bond motifs is 1. The van der Waals surface area contributed by atoms with Gasteiger partial charge in [0.05, 0.1) is 13.0 Å². The smallest absolute Gasteiger partial charge is 0.265 e. The van der Waals surface area contributed by atoms with Crippen LogP contribution in [0.5, 0.6) is 5.75 Å². The Labute approximate surface area is 90.8 Å². The van der Waals surface area contributed by atoms with Crippen LogP contribution in [-0.2, 0) is 0 Å². The predicted molar refractivity (Wildman–Crippen MR) is 55.6 cm³/mol. The number of aromatic nitrogens is 1. The molecule has 2 rings (SSSR count). The Kier molecular flexibility index (Phi) is 2.60. The van der Waals surface area contributed by atoms with E-state index in [9.17, 15) is 4.79 Å². The molecule has 1 heterocycles. The SMILES string of the molecule is COc1cccc2nc(C(=O)CCl)oc12. The minimum absolute atomic E-state index is 0.0181. The number of methoxy groups -OCH3 is 1. The molecule has 0 aliphatic rings. The average molecular weight is 226 g/mol. The molecule has 2 aromatic rings. The number of benzene rings is 1. The summed E-state index contributed by atoms with van der Waals surface area (Å²) in [5, 5.41) is 0. The number of carbonyl (C=O) groups excluding carboxylic acids is 1. The maximum atomic E-state index is 11.3. The summed E-state index contributed by atoms with van der Waals surface area (Å²) in [7, 11) is 1.53. The van der Waals surface area contributed by atoms with E-state index in [2.05, 4.69) is 4.98 Å². The fourth-order valence-electron chi connectivity index (χ4n) is 1.26. The minimum Gasteiger partial charge on any atom is -0.493 e. The van der Waals surface area contributed by atoms with E-state index in [1.807, 2.05) is 0 Å². The van der Waals surface area contributed by atoms with Gasteiger partial charge in [0.1, 0.15) is 5.52 Å². The van der Waals surface area contributed by atoms with Gasteiger partial charge in [-0.3, -0.25) is 4.79 Å². The van der Waals surface area contributed by atoms with Crippen LogP contribution < -0.4 is 4.74 Å². The second-order valence-electron chi connectivity index (χ2n) is 2.88. The third-order valence-electron chi connectivity index (χ3n) is 1.96. The summed E-state index contributed by atoms with van der Waals surface area (Å²) in [6.45, 7) is 0. The Bertz CT molecular complexity index is 506. The number of ether oxygens (including phenoxy) is 1. The van der Waals surface area contributed by atoms with Crippen molar-refractivity contribution < 1.29 is 13.9 Å². The summed E-state index contributed by atoms with van der Waals surface area (Å²) in [6.07, 6.45) is 0. The predicted octanol–water partition coefficient (Wildman–Crippen LogP) is 2.26. The van der Waals surface area contributed by atoms with E-state index in [4.69, 9.17) is 20.8 Å². The van der Waals surface area contributed by atoms with E-state index in [1.165, 1.54) is 7.11 Å². The summed E-state index contributed by atoms with van der Waals surface area (Å²) in [5.41, 5.74) is 1.05. The summed E-state index contributed by atoms with van der Waals surface area (Å²) in [5.74, 6) is 0.0860. The molecule has 0 amide bonds. The van der Waals surface area contributed by atoms with E-state index < -0.39 is 0 Å². The van der Waals surface area contributed by atoms with E-state index >= 15 is 0 Å². The highest BCUT2D eigenvalue weighted by Crippen LogP contribution is 2.26. The first-order chi connectivity index (χ1) is 7.26. The Morgan fingerprint density at radius 1 is 1.60 bits per heavy atom. The van der Waals surface area contributed by atoms with Crippen LogP contribution in [0.1, 0.15) is 10.7 Å². The van der Waals surface area contributed by atoms with Gasteiger partial charge in [-0.1, -0.05) is 6.07 Å². The number of hydrogen-bond acceptors (Lipinski definition) is 4. The summed E-state index contributed by atoms with van der Waals surface area (Å²) >= 11 is 5.41. The monoisotopic (exact) mass is 225 g/mol. The lowest BCUT2D eigenvalue weighted by Gasteiger charge is -1.97. The molecular weight excluding hydrogens is 218 g/mol. The van der Waals surface area contributed by atoms with Crippen molar-refractivity contribution in [2.45, 2.75) is 0 Å². The number of Topliss-reactive ketones (excluding diaryl/α,β-unsaturated/α-hetero) is 1. The molecule has 0 unspecified atom stereocenters. The van der Waals surface area contributed by atoms with Crippen molar-refractivity contribution >= 4 is 28.5 Å². The van der Waals surface area contributed by atoms with Gasteiger partial charge < -0.3 is 9.15 Å². The number of alkyl halides is 1. The molecular formula is C10H8ClNO3. The van der Waals surface area contributed by atoms with Crippen molar-refractivity contribution in [1.82, 2.24) is 4.98 Å². The van der Waals surface area contributed by atoms with Crippen molar-refractivity contribution in [1.29, 1.82) is 0 Å². The molecule has 78 valence electrons. The Morgan fingerprint density at radius 3 is 3.07 bits per heavy atom. The van der Waals surface area contributed by atoms with Crippen LogP contribution in [0.15, 0.2) is 22.6 Å². The topological polar surface area (TPSA) is 52.3 Å². The van der Waals surface area contributed by atoms with Gasteiger partial charge in [0.25, 0.3) is 5.89 Å². The number of ketones is 1. The zero-order valence-electron chi connectivity index (χ0n) is 7.99. The molecule has 0 spiro atoms. The Hall–Kier alpha value is -1.55. The van der Waals surface area contributed by atoms with E-state index in [-0.39, 0.29) is 17.6 Å². The summed E-state index contributed by atoms with van der Waals surface area (Å²) in [4.78, 5) is 15.3. The van der Waals surface area contributed by atoms with E-state index in [0.717, 1.165) is 0 Å². The lowest BCUT2D eigenvalue weighted by molar-refractivity contribution is 0.0986. The maximum absolute atomic E-state index is 11.3. The van der Waals surface area contributed by atoms with Gasteiger partial charge >= 0.3 is 0 Å². The second kappa shape index (κ2) is 3.90. The van der Waals surface area contributed by atoms with Gasteiger partial charge in [-0.2, -0.15) is 0 Å². The fourth-order valence-corrected chi connectivity index (χ4v) is 1.38.